The molecular formula is C17H28N2O6. The molecule has 0 aromatic carbocycles. The van der Waals surface area contributed by atoms with Crippen LogP contribution in [0.3, 0.4) is 0 Å². The summed E-state index contributed by atoms with van der Waals surface area (Å²) in [5, 5.41) is 14.6. The molecule has 0 heterocycles. The second kappa shape index (κ2) is 8.94. The zero-order valence-corrected chi connectivity index (χ0v) is 15.1. The number of esters is 1. The van der Waals surface area contributed by atoms with Crippen LogP contribution >= 0.6 is 0 Å². The van der Waals surface area contributed by atoms with Crippen LogP contribution in [0.25, 0.3) is 0 Å². The van der Waals surface area contributed by atoms with Gasteiger partial charge in [0, 0.05) is 18.5 Å². The molecule has 8 heteroatoms. The van der Waals surface area contributed by atoms with Gasteiger partial charge in [-0.3, -0.25) is 0 Å². The van der Waals surface area contributed by atoms with Gasteiger partial charge in [0.1, 0.15) is 6.61 Å². The van der Waals surface area contributed by atoms with Gasteiger partial charge in [-0.25, -0.2) is 9.59 Å². The number of carboxylic acid groups (broad SMARTS) is 1. The van der Waals surface area contributed by atoms with Gasteiger partial charge in [0.05, 0.1) is 6.61 Å². The molecular weight excluding hydrogens is 328 g/mol. The van der Waals surface area contributed by atoms with E-state index in [-0.39, 0.29) is 30.1 Å². The molecule has 0 bridgehead atoms. The summed E-state index contributed by atoms with van der Waals surface area (Å²) in [6.07, 6.45) is 1.71. The summed E-state index contributed by atoms with van der Waals surface area (Å²) in [7, 11) is 0. The van der Waals surface area contributed by atoms with E-state index in [1.807, 2.05) is 6.92 Å². The van der Waals surface area contributed by atoms with E-state index in [2.05, 4.69) is 30.9 Å². The minimum Gasteiger partial charge on any atom is -0.465 e. The highest BCUT2D eigenvalue weighted by Crippen LogP contribution is 2.48. The lowest BCUT2D eigenvalue weighted by molar-refractivity contribution is -0.140. The van der Waals surface area contributed by atoms with Crippen molar-refractivity contribution >= 4 is 12.1 Å². The Morgan fingerprint density at radius 1 is 1.36 bits per heavy atom. The van der Waals surface area contributed by atoms with Crippen molar-refractivity contribution in [3.63, 3.8) is 0 Å². The van der Waals surface area contributed by atoms with E-state index in [9.17, 15) is 14.5 Å². The van der Waals surface area contributed by atoms with E-state index in [0.717, 1.165) is 18.9 Å². The fraction of sp³-hybridized carbons (Fsp3) is 0.765. The van der Waals surface area contributed by atoms with Crippen molar-refractivity contribution in [2.75, 3.05) is 13.2 Å². The molecule has 0 radical (unpaired) electrons. The number of nitrogens with one attached hydrogen (secondary N) is 1. The highest BCUT2D eigenvalue weighted by Gasteiger charge is 2.43. The maximum Gasteiger partial charge on any atom is 0.404 e. The second-order valence-electron chi connectivity index (χ2n) is 7.71. The molecule has 0 aliphatic heterocycles. The first-order valence-corrected chi connectivity index (χ1v) is 8.32. The van der Waals surface area contributed by atoms with Crippen molar-refractivity contribution in [1.82, 2.24) is 5.32 Å². The largest absolute Gasteiger partial charge is 0.465 e. The van der Waals surface area contributed by atoms with Crippen LogP contribution in [0, 0.1) is 15.7 Å². The Bertz CT molecular complexity index is 507. The van der Waals surface area contributed by atoms with Crippen LogP contribution in [0.2, 0.25) is 0 Å². The third kappa shape index (κ3) is 7.64. The first-order valence-electron chi connectivity index (χ1n) is 8.32. The summed E-state index contributed by atoms with van der Waals surface area (Å²) in [6, 6.07) is -0.174. The Labute approximate surface area is 147 Å². The number of ether oxygens (including phenoxy) is 2. The Hall–Kier alpha value is -1.96. The van der Waals surface area contributed by atoms with Gasteiger partial charge in [-0.15, -0.1) is 4.91 Å². The lowest BCUT2D eigenvalue weighted by atomic mass is 9.61. The minimum atomic E-state index is -1.05. The fourth-order valence-electron chi connectivity index (χ4n) is 4.00. The molecule has 0 aromatic rings. The lowest BCUT2D eigenvalue weighted by Gasteiger charge is -2.47. The van der Waals surface area contributed by atoms with Gasteiger partial charge in [-0.2, -0.15) is 0 Å². The van der Waals surface area contributed by atoms with E-state index in [1.165, 1.54) is 0 Å². The van der Waals surface area contributed by atoms with E-state index in [1.54, 1.807) is 0 Å². The molecule has 2 N–H and O–H groups in total. The van der Waals surface area contributed by atoms with Crippen molar-refractivity contribution in [3.8, 4) is 0 Å². The highest BCUT2D eigenvalue weighted by atomic mass is 16.6. The number of nitroso groups, excluding NO2 is 1. The first-order chi connectivity index (χ1) is 11.6. The van der Waals surface area contributed by atoms with Crippen LogP contribution in [-0.4, -0.2) is 42.7 Å². The summed E-state index contributed by atoms with van der Waals surface area (Å²) >= 11 is 0. The number of rotatable bonds is 9. The molecule has 3 atom stereocenters. The van der Waals surface area contributed by atoms with Gasteiger partial charge >= 0.3 is 12.1 Å². The Morgan fingerprint density at radius 3 is 2.60 bits per heavy atom. The predicted octanol–water partition coefficient (Wildman–Crippen LogP) is 3.07. The molecule has 25 heavy (non-hydrogen) atoms. The third-order valence-electron chi connectivity index (χ3n) is 4.36. The monoisotopic (exact) mass is 356 g/mol. The number of amides is 1. The topological polar surface area (TPSA) is 114 Å². The van der Waals surface area contributed by atoms with Gasteiger partial charge in [0.25, 0.3) is 0 Å². The fourth-order valence-corrected chi connectivity index (χ4v) is 4.00. The van der Waals surface area contributed by atoms with E-state index in [4.69, 9.17) is 14.6 Å². The molecule has 0 saturated heterocycles. The van der Waals surface area contributed by atoms with Crippen LogP contribution in [-0.2, 0) is 14.3 Å². The van der Waals surface area contributed by atoms with Gasteiger partial charge in [-0.1, -0.05) is 27.4 Å². The van der Waals surface area contributed by atoms with Crippen LogP contribution in [0.15, 0.2) is 17.8 Å². The summed E-state index contributed by atoms with van der Waals surface area (Å²) in [5.74, 6) is -0.553. The molecule has 1 aliphatic rings. The molecule has 1 amide bonds. The van der Waals surface area contributed by atoms with Crippen molar-refractivity contribution < 1.29 is 24.2 Å². The quantitative estimate of drug-likeness (QED) is 0.284. The molecule has 3 unspecified atom stereocenters. The molecule has 0 aromatic heterocycles. The summed E-state index contributed by atoms with van der Waals surface area (Å²) < 4.78 is 10.2. The van der Waals surface area contributed by atoms with Crippen molar-refractivity contribution in [2.24, 2.45) is 16.0 Å². The second-order valence-corrected chi connectivity index (χ2v) is 7.71. The molecule has 1 rings (SSSR count). The normalized spacial score (nSPS) is 26.3. The Morgan fingerprint density at radius 2 is 2.04 bits per heavy atom. The summed E-state index contributed by atoms with van der Waals surface area (Å²) in [5.41, 5.74) is -0.349. The zero-order valence-electron chi connectivity index (χ0n) is 15.1. The van der Waals surface area contributed by atoms with E-state index >= 15 is 0 Å². The average Bonchev–Trinajstić information content (AvgIpc) is 2.46. The van der Waals surface area contributed by atoms with Gasteiger partial charge in [-0.05, 0) is 35.3 Å². The number of hydrogen-bond donors (Lipinski definition) is 2. The Kier molecular flexibility index (Phi) is 7.54. The van der Waals surface area contributed by atoms with E-state index < -0.39 is 18.3 Å². The minimum absolute atomic E-state index is 0.0161. The summed E-state index contributed by atoms with van der Waals surface area (Å²) in [6.45, 7) is 9.55. The maximum atomic E-state index is 11.1. The number of nitrogens with zero attached hydrogens (tertiary/aromatic N) is 1. The van der Waals surface area contributed by atoms with Gasteiger partial charge in [0.2, 0.25) is 0 Å². The van der Waals surface area contributed by atoms with Crippen LogP contribution in [0.1, 0.15) is 46.5 Å². The smallest absolute Gasteiger partial charge is 0.404 e. The highest BCUT2D eigenvalue weighted by molar-refractivity contribution is 5.81. The zero-order chi connectivity index (χ0) is 19.1. The lowest BCUT2D eigenvalue weighted by Crippen LogP contribution is -2.47. The van der Waals surface area contributed by atoms with Gasteiger partial charge in [0.15, 0.2) is 6.23 Å². The molecule has 1 aliphatic carbocycles. The number of carbonyl (C=O) groups excluding carboxylic acids is 1. The molecule has 142 valence electrons. The van der Waals surface area contributed by atoms with Crippen molar-refractivity contribution in [2.45, 2.75) is 58.7 Å². The maximum absolute atomic E-state index is 11.1. The molecule has 8 nitrogen and oxygen atoms in total. The first kappa shape index (κ1) is 21.1. The standard InChI is InChI=1S/C17H28N2O6/c1-5-14(20)25-7-6-24-13(19-23)10-17(4)9-12(18-15(21)22)8-16(2,3)11-17/h5,12-13,18H,1,6-11H2,2-4H3,(H,21,22). The summed E-state index contributed by atoms with van der Waals surface area (Å²) in [4.78, 5) is 33.0. The van der Waals surface area contributed by atoms with Crippen LogP contribution in [0.4, 0.5) is 4.79 Å². The predicted molar refractivity (Wildman–Crippen MR) is 92.0 cm³/mol. The van der Waals surface area contributed by atoms with Crippen LogP contribution < -0.4 is 5.32 Å². The van der Waals surface area contributed by atoms with Crippen molar-refractivity contribution in [3.05, 3.63) is 17.6 Å². The van der Waals surface area contributed by atoms with Crippen LogP contribution in [0.5, 0.6) is 0 Å². The number of hydrogen-bond acceptors (Lipinski definition) is 6. The third-order valence-corrected chi connectivity index (χ3v) is 4.36. The SMILES string of the molecule is C=CC(=O)OCCOC(CC1(C)CC(NC(=O)O)CC(C)(C)C1)N=O. The Balaban J connectivity index is 2.62. The number of carbonyl (C=O) groups is 2. The molecule has 0 spiro atoms. The van der Waals surface area contributed by atoms with Crippen molar-refractivity contribution in [1.29, 1.82) is 0 Å². The van der Waals surface area contributed by atoms with E-state index in [0.29, 0.717) is 12.8 Å². The van der Waals surface area contributed by atoms with Gasteiger partial charge < -0.3 is 19.9 Å². The average molecular weight is 356 g/mol. The molecule has 1 saturated carbocycles. The molecule has 1 fully saturated rings.